The maximum atomic E-state index is 9.86. The molecule has 84 valence electrons. The molecule has 0 saturated carbocycles. The van der Waals surface area contributed by atoms with Crippen LogP contribution in [0.2, 0.25) is 0 Å². The third-order valence-electron chi connectivity index (χ3n) is 0.341. The van der Waals surface area contributed by atoms with Crippen molar-refractivity contribution in [3.05, 3.63) is 0 Å². The topological polar surface area (TPSA) is 110 Å². The van der Waals surface area contributed by atoms with E-state index in [9.17, 15) is 14.4 Å². The summed E-state index contributed by atoms with van der Waals surface area (Å²) in [5.41, 5.74) is 0. The quantitative estimate of drug-likeness (QED) is 0.363. The van der Waals surface area contributed by atoms with Crippen molar-refractivity contribution in [2.45, 2.75) is 0 Å². The molecule has 0 aliphatic carbocycles. The van der Waals surface area contributed by atoms with Crippen LogP contribution in [0.5, 0.6) is 0 Å². The molecule has 0 saturated heterocycles. The molecule has 0 spiro atoms. The van der Waals surface area contributed by atoms with Crippen LogP contribution < -0.4 is 0 Å². The van der Waals surface area contributed by atoms with Crippen LogP contribution in [0.3, 0.4) is 0 Å². The molecule has 14 heavy (non-hydrogen) atoms. The first-order valence-electron chi connectivity index (χ1n) is 1.88. The van der Waals surface area contributed by atoms with Gasteiger partial charge in [0.1, 0.15) is 0 Å². The number of hydrogen-bond acceptors (Lipinski definition) is 5. The van der Waals surface area contributed by atoms with Crippen molar-refractivity contribution in [1.82, 2.24) is 0 Å². The molecule has 0 bridgehead atoms. The maximum absolute atomic E-state index is 9.86. The van der Waals surface area contributed by atoms with E-state index in [0.29, 0.717) is 0 Å². The van der Waals surface area contributed by atoms with E-state index in [-0.39, 0.29) is 68.3 Å². The molecule has 11 heteroatoms. The average Bonchev–Trinajstić information content (AvgIpc) is 1.58. The molecule has 0 heterocycles. The Bertz CT molecular complexity index is 164. The van der Waals surface area contributed by atoms with Crippen molar-refractivity contribution < 1.29 is 102 Å². The molecule has 2 N–H and O–H groups in total. The van der Waals surface area contributed by atoms with Crippen LogP contribution in [0.4, 0.5) is 14.4 Å². The third kappa shape index (κ3) is 22.8. The van der Waals surface area contributed by atoms with Gasteiger partial charge in [-0.2, -0.15) is 0 Å². The fraction of sp³-hybridized carbons (Fsp3) is 0. The Morgan fingerprint density at radius 3 is 1.07 bits per heavy atom. The van der Waals surface area contributed by atoms with Gasteiger partial charge in [-0.05, 0) is 0 Å². The molecule has 0 unspecified atom stereocenters. The van der Waals surface area contributed by atoms with Crippen molar-refractivity contribution in [2.24, 2.45) is 0 Å². The van der Waals surface area contributed by atoms with Gasteiger partial charge in [-0.3, -0.25) is 0 Å². The largest absolute Gasteiger partial charge is 0.528 e. The van der Waals surface area contributed by atoms with Crippen LogP contribution >= 0.6 is 0 Å². The minimum Gasteiger partial charge on any atom is -0.449 e. The van der Waals surface area contributed by atoms with Crippen LogP contribution in [0.15, 0.2) is 0 Å². The van der Waals surface area contributed by atoms with Crippen molar-refractivity contribution in [3.63, 3.8) is 0 Å². The van der Waals surface area contributed by atoms with E-state index in [1.807, 2.05) is 0 Å². The second-order valence-electron chi connectivity index (χ2n) is 0.986. The molecule has 0 aliphatic heterocycles. The predicted molar refractivity (Wildman–Crippen MR) is 23.6 cm³/mol. The standard InChI is InChI=1S/C3H2O7.4Mn/c4-1(5)9-3(8)10-2(6)7;;;;/h(H,4,5)(H,6,7);;;;. The Morgan fingerprint density at radius 1 is 0.714 bits per heavy atom. The van der Waals surface area contributed by atoms with Crippen molar-refractivity contribution in [3.8, 4) is 0 Å². The molecule has 0 rings (SSSR count). The number of rotatable bonds is 0. The SMILES string of the molecule is O=C(O)OC(=O)OC(=O)O.[Mn].[Mn].[Mn].[Mn]. The Hall–Kier alpha value is 0.288. The van der Waals surface area contributed by atoms with Crippen LogP contribution in [0.1, 0.15) is 0 Å². The fourth-order valence-corrected chi connectivity index (χ4v) is 0.163. The van der Waals surface area contributed by atoms with E-state index in [2.05, 4.69) is 9.47 Å². The van der Waals surface area contributed by atoms with Crippen molar-refractivity contribution in [2.75, 3.05) is 0 Å². The molecule has 0 aromatic rings. The second-order valence-corrected chi connectivity index (χ2v) is 0.986. The molecule has 0 amide bonds. The molecule has 0 aromatic carbocycles. The summed E-state index contributed by atoms with van der Waals surface area (Å²) < 4.78 is 6.47. The van der Waals surface area contributed by atoms with E-state index in [0.717, 1.165) is 0 Å². The minimum absolute atomic E-state index is 0. The summed E-state index contributed by atoms with van der Waals surface area (Å²) in [5, 5.41) is 15.4. The number of ether oxygens (including phenoxy) is 2. The van der Waals surface area contributed by atoms with E-state index in [1.165, 1.54) is 0 Å². The zero-order chi connectivity index (χ0) is 8.15. The predicted octanol–water partition coefficient (Wildman–Crippen LogP) is 0.486. The Labute approximate surface area is 120 Å². The molecule has 0 aliphatic rings. The molecule has 0 atom stereocenters. The van der Waals surface area contributed by atoms with E-state index < -0.39 is 18.5 Å². The zero-order valence-electron chi connectivity index (χ0n) is 5.95. The molecule has 4 radical (unpaired) electrons. The van der Waals surface area contributed by atoms with Gasteiger partial charge < -0.3 is 19.7 Å². The fourth-order valence-electron chi connectivity index (χ4n) is 0.163. The summed E-state index contributed by atoms with van der Waals surface area (Å²) in [7, 11) is 0. The van der Waals surface area contributed by atoms with Gasteiger partial charge in [-0.25, -0.2) is 14.4 Å². The second kappa shape index (κ2) is 15.7. The average molecular weight is 370 g/mol. The van der Waals surface area contributed by atoms with E-state index in [1.54, 1.807) is 0 Å². The first-order valence-corrected chi connectivity index (χ1v) is 1.88. The van der Waals surface area contributed by atoms with Crippen molar-refractivity contribution >= 4 is 18.5 Å². The van der Waals surface area contributed by atoms with Gasteiger partial charge in [0.25, 0.3) is 0 Å². The summed E-state index contributed by atoms with van der Waals surface area (Å²) in [6.07, 6.45) is -5.64. The molecular formula is C3H2Mn4O7. The van der Waals surface area contributed by atoms with Gasteiger partial charge in [0.15, 0.2) is 0 Å². The summed E-state index contributed by atoms with van der Waals surface area (Å²) >= 11 is 0. The Balaban J connectivity index is -0.0000000675. The zero-order valence-corrected chi connectivity index (χ0v) is 10.7. The Kier molecular flexibility index (Phi) is 32.9. The third-order valence-corrected chi connectivity index (χ3v) is 0.341. The number of hydrogen-bond donors (Lipinski definition) is 2. The van der Waals surface area contributed by atoms with Gasteiger partial charge in [0, 0.05) is 68.3 Å². The number of carbonyl (C=O) groups is 3. The Morgan fingerprint density at radius 2 is 0.929 bits per heavy atom. The van der Waals surface area contributed by atoms with E-state index in [4.69, 9.17) is 10.2 Å². The molecular weight excluding hydrogens is 368 g/mol. The van der Waals surface area contributed by atoms with Gasteiger partial charge in [-0.1, -0.05) is 0 Å². The van der Waals surface area contributed by atoms with Gasteiger partial charge in [0.2, 0.25) is 0 Å². The van der Waals surface area contributed by atoms with Crippen LogP contribution in [0.25, 0.3) is 0 Å². The maximum Gasteiger partial charge on any atom is 0.528 e. The molecule has 7 nitrogen and oxygen atoms in total. The molecule has 0 aromatic heterocycles. The first kappa shape index (κ1) is 29.2. The van der Waals surface area contributed by atoms with Gasteiger partial charge in [0.05, 0.1) is 0 Å². The van der Waals surface area contributed by atoms with Crippen LogP contribution in [-0.4, -0.2) is 28.7 Å². The van der Waals surface area contributed by atoms with Gasteiger partial charge >= 0.3 is 18.5 Å². The van der Waals surface area contributed by atoms with E-state index >= 15 is 0 Å². The van der Waals surface area contributed by atoms with Gasteiger partial charge in [-0.15, -0.1) is 0 Å². The first-order chi connectivity index (χ1) is 4.52. The summed E-state index contributed by atoms with van der Waals surface area (Å²) in [4.78, 5) is 28.8. The summed E-state index contributed by atoms with van der Waals surface area (Å²) in [6.45, 7) is 0. The number of carboxylic acid groups (broad SMARTS) is 2. The summed E-state index contributed by atoms with van der Waals surface area (Å²) in [6, 6.07) is 0. The van der Waals surface area contributed by atoms with Crippen LogP contribution in [0, 0.1) is 0 Å². The van der Waals surface area contributed by atoms with Crippen LogP contribution in [-0.2, 0) is 77.7 Å². The number of carbonyl (C=O) groups excluding carboxylic acids is 1. The normalized spacial score (nSPS) is 5.71. The minimum atomic E-state index is -1.92. The smallest absolute Gasteiger partial charge is 0.449 e. The van der Waals surface area contributed by atoms with Crippen molar-refractivity contribution in [1.29, 1.82) is 0 Å². The summed E-state index contributed by atoms with van der Waals surface area (Å²) in [5.74, 6) is 0. The molecule has 0 fully saturated rings. The monoisotopic (exact) mass is 370 g/mol.